The highest BCUT2D eigenvalue weighted by molar-refractivity contribution is 6.01. The maximum Gasteiger partial charge on any atom is 0.326 e. The number of carboxylic acids is 1. The van der Waals surface area contributed by atoms with Crippen LogP contribution in [-0.4, -0.2) is 44.9 Å². The molecule has 1 heterocycles. The first-order valence-electron chi connectivity index (χ1n) is 6.36. The summed E-state index contributed by atoms with van der Waals surface area (Å²) in [6, 6.07) is 7.98. The Morgan fingerprint density at radius 1 is 1.29 bits per heavy atom. The number of amides is 1. The zero-order chi connectivity index (χ0) is 15.2. The number of carboxylic acid groups (broad SMARTS) is 1. The van der Waals surface area contributed by atoms with Gasteiger partial charge in [0.15, 0.2) is 0 Å². The standard InChI is InChI=1S/C14H15N3O4/c18-7-6-11(14(20)21)16-13(19)10-8-15-17-12(10)9-4-2-1-3-5-9/h1-5,8,11,18H,6-7H2,(H,15,17)(H,16,19)(H,20,21). The van der Waals surface area contributed by atoms with Crippen LogP contribution in [-0.2, 0) is 4.79 Å². The minimum Gasteiger partial charge on any atom is -0.480 e. The van der Waals surface area contributed by atoms with E-state index in [1.165, 1.54) is 6.20 Å². The lowest BCUT2D eigenvalue weighted by atomic mass is 10.1. The van der Waals surface area contributed by atoms with Crippen LogP contribution in [0, 0.1) is 0 Å². The molecule has 1 aromatic carbocycles. The van der Waals surface area contributed by atoms with Crippen LogP contribution in [0.2, 0.25) is 0 Å². The summed E-state index contributed by atoms with van der Waals surface area (Å²) >= 11 is 0. The van der Waals surface area contributed by atoms with Gasteiger partial charge < -0.3 is 15.5 Å². The molecule has 0 radical (unpaired) electrons. The predicted molar refractivity (Wildman–Crippen MR) is 74.6 cm³/mol. The van der Waals surface area contributed by atoms with E-state index in [0.29, 0.717) is 5.69 Å². The molecule has 21 heavy (non-hydrogen) atoms. The monoisotopic (exact) mass is 289 g/mol. The zero-order valence-corrected chi connectivity index (χ0v) is 11.1. The van der Waals surface area contributed by atoms with E-state index in [1.807, 2.05) is 30.3 Å². The first-order valence-corrected chi connectivity index (χ1v) is 6.36. The molecule has 1 unspecified atom stereocenters. The van der Waals surface area contributed by atoms with Crippen LogP contribution in [0.3, 0.4) is 0 Å². The average molecular weight is 289 g/mol. The van der Waals surface area contributed by atoms with Gasteiger partial charge in [0.25, 0.3) is 5.91 Å². The largest absolute Gasteiger partial charge is 0.480 e. The maximum absolute atomic E-state index is 12.2. The van der Waals surface area contributed by atoms with E-state index in [4.69, 9.17) is 10.2 Å². The zero-order valence-electron chi connectivity index (χ0n) is 11.1. The number of aliphatic hydroxyl groups is 1. The third-order valence-corrected chi connectivity index (χ3v) is 2.97. The highest BCUT2D eigenvalue weighted by Crippen LogP contribution is 2.20. The van der Waals surface area contributed by atoms with E-state index in [2.05, 4.69) is 15.5 Å². The number of aromatic nitrogens is 2. The number of rotatable bonds is 6. The first kappa shape index (κ1) is 14.7. The molecule has 1 amide bonds. The fourth-order valence-corrected chi connectivity index (χ4v) is 1.91. The molecule has 0 aliphatic heterocycles. The van der Waals surface area contributed by atoms with Crippen molar-refractivity contribution >= 4 is 11.9 Å². The predicted octanol–water partition coefficient (Wildman–Crippen LogP) is 0.642. The van der Waals surface area contributed by atoms with Gasteiger partial charge in [0.1, 0.15) is 6.04 Å². The molecule has 110 valence electrons. The number of benzene rings is 1. The highest BCUT2D eigenvalue weighted by Gasteiger charge is 2.22. The molecule has 2 aromatic rings. The summed E-state index contributed by atoms with van der Waals surface area (Å²) < 4.78 is 0. The summed E-state index contributed by atoms with van der Waals surface area (Å²) in [7, 11) is 0. The van der Waals surface area contributed by atoms with Gasteiger partial charge >= 0.3 is 5.97 Å². The first-order chi connectivity index (χ1) is 10.1. The van der Waals surface area contributed by atoms with Gasteiger partial charge in [0, 0.05) is 18.6 Å². The average Bonchev–Trinajstić information content (AvgIpc) is 2.97. The van der Waals surface area contributed by atoms with Crippen LogP contribution < -0.4 is 5.32 Å². The Labute approximate surface area is 120 Å². The van der Waals surface area contributed by atoms with E-state index < -0.39 is 17.9 Å². The molecule has 4 N–H and O–H groups in total. The third kappa shape index (κ3) is 3.46. The number of H-pyrrole nitrogens is 1. The minimum absolute atomic E-state index is 0.0560. The van der Waals surface area contributed by atoms with E-state index in [0.717, 1.165) is 5.56 Å². The van der Waals surface area contributed by atoms with E-state index in [9.17, 15) is 9.59 Å². The number of carbonyl (C=O) groups excluding carboxylic acids is 1. The Balaban J connectivity index is 2.21. The van der Waals surface area contributed by atoms with E-state index >= 15 is 0 Å². The van der Waals surface area contributed by atoms with E-state index in [-0.39, 0.29) is 18.6 Å². The van der Waals surface area contributed by atoms with Crippen LogP contribution in [0.1, 0.15) is 16.8 Å². The molecule has 1 aromatic heterocycles. The summed E-state index contributed by atoms with van der Waals surface area (Å²) in [5, 5.41) is 26.8. The van der Waals surface area contributed by atoms with Crippen molar-refractivity contribution in [2.24, 2.45) is 0 Å². The van der Waals surface area contributed by atoms with Crippen molar-refractivity contribution in [1.82, 2.24) is 15.5 Å². The van der Waals surface area contributed by atoms with Gasteiger partial charge in [-0.3, -0.25) is 9.89 Å². The van der Waals surface area contributed by atoms with Crippen molar-refractivity contribution in [1.29, 1.82) is 0 Å². The van der Waals surface area contributed by atoms with Crippen molar-refractivity contribution in [3.05, 3.63) is 42.1 Å². The van der Waals surface area contributed by atoms with Gasteiger partial charge in [0.05, 0.1) is 17.5 Å². The Kier molecular flexibility index (Phi) is 4.68. The number of carbonyl (C=O) groups is 2. The second-order valence-electron chi connectivity index (χ2n) is 4.40. The lowest BCUT2D eigenvalue weighted by molar-refractivity contribution is -0.139. The van der Waals surface area contributed by atoms with Crippen molar-refractivity contribution < 1.29 is 19.8 Å². The lowest BCUT2D eigenvalue weighted by Gasteiger charge is -2.13. The number of aliphatic carboxylic acids is 1. The number of nitrogens with one attached hydrogen (secondary N) is 2. The van der Waals surface area contributed by atoms with E-state index in [1.54, 1.807) is 0 Å². The molecule has 0 fully saturated rings. The van der Waals surface area contributed by atoms with Crippen LogP contribution in [0.25, 0.3) is 11.3 Å². The summed E-state index contributed by atoms with van der Waals surface area (Å²) in [6.07, 6.45) is 1.29. The molecule has 7 nitrogen and oxygen atoms in total. The van der Waals surface area contributed by atoms with Gasteiger partial charge in [0.2, 0.25) is 0 Å². The number of hydrogen-bond donors (Lipinski definition) is 4. The van der Waals surface area contributed by atoms with Crippen LogP contribution >= 0.6 is 0 Å². The second-order valence-corrected chi connectivity index (χ2v) is 4.40. The van der Waals surface area contributed by atoms with Crippen LogP contribution in [0.5, 0.6) is 0 Å². The van der Waals surface area contributed by atoms with Crippen molar-refractivity contribution in [3.8, 4) is 11.3 Å². The molecular weight excluding hydrogens is 274 g/mol. The second kappa shape index (κ2) is 6.67. The summed E-state index contributed by atoms with van der Waals surface area (Å²) in [5.74, 6) is -1.74. The number of aromatic amines is 1. The molecule has 1 atom stereocenters. The topological polar surface area (TPSA) is 115 Å². The summed E-state index contributed by atoms with van der Waals surface area (Å²) in [4.78, 5) is 23.2. The summed E-state index contributed by atoms with van der Waals surface area (Å²) in [6.45, 7) is -0.325. The van der Waals surface area contributed by atoms with Gasteiger partial charge in [-0.05, 0) is 0 Å². The lowest BCUT2D eigenvalue weighted by Crippen LogP contribution is -2.41. The van der Waals surface area contributed by atoms with Crippen LogP contribution in [0.4, 0.5) is 0 Å². The highest BCUT2D eigenvalue weighted by atomic mass is 16.4. The number of nitrogens with zero attached hydrogens (tertiary/aromatic N) is 1. The Morgan fingerprint density at radius 3 is 2.62 bits per heavy atom. The molecule has 0 aliphatic carbocycles. The summed E-state index contributed by atoms with van der Waals surface area (Å²) in [5.41, 5.74) is 1.54. The molecule has 2 rings (SSSR count). The third-order valence-electron chi connectivity index (χ3n) is 2.97. The SMILES string of the molecule is O=C(NC(CCO)C(=O)O)c1cn[nH]c1-c1ccccc1. The Hall–Kier alpha value is -2.67. The fraction of sp³-hybridized carbons (Fsp3) is 0.214. The van der Waals surface area contributed by atoms with Crippen molar-refractivity contribution in [2.75, 3.05) is 6.61 Å². The molecule has 0 saturated carbocycles. The Morgan fingerprint density at radius 2 is 2.00 bits per heavy atom. The molecule has 0 saturated heterocycles. The number of aliphatic hydroxyl groups excluding tert-OH is 1. The van der Waals surface area contributed by atoms with Gasteiger partial charge in [-0.25, -0.2) is 4.79 Å². The minimum atomic E-state index is -1.19. The molecule has 0 aliphatic rings. The van der Waals surface area contributed by atoms with Gasteiger partial charge in [-0.2, -0.15) is 5.10 Å². The van der Waals surface area contributed by atoms with Crippen molar-refractivity contribution in [2.45, 2.75) is 12.5 Å². The molecular formula is C14H15N3O4. The van der Waals surface area contributed by atoms with Gasteiger partial charge in [-0.15, -0.1) is 0 Å². The molecule has 7 heteroatoms. The van der Waals surface area contributed by atoms with Gasteiger partial charge in [-0.1, -0.05) is 30.3 Å². The van der Waals surface area contributed by atoms with Crippen LogP contribution in [0.15, 0.2) is 36.5 Å². The quantitative estimate of drug-likeness (QED) is 0.623. The molecule has 0 spiro atoms. The Bertz CT molecular complexity index is 624. The fourth-order valence-electron chi connectivity index (χ4n) is 1.91. The number of hydrogen-bond acceptors (Lipinski definition) is 4. The smallest absolute Gasteiger partial charge is 0.326 e. The van der Waals surface area contributed by atoms with Crippen molar-refractivity contribution in [3.63, 3.8) is 0 Å². The molecule has 0 bridgehead atoms. The normalized spacial score (nSPS) is 11.9. The maximum atomic E-state index is 12.2.